The Balaban J connectivity index is 2.07. The molecule has 1 heterocycles. The molecule has 108 valence electrons. The largest absolute Gasteiger partial charge is 0.478 e. The number of halogens is 1. The predicted molar refractivity (Wildman–Crippen MR) is 85.6 cm³/mol. The number of nitrogens with zero attached hydrogens (tertiary/aromatic N) is 1. The number of hydrogen-bond acceptors (Lipinski definition) is 4. The molecule has 0 saturated heterocycles. The number of thiazole rings is 1. The van der Waals surface area contributed by atoms with Crippen LogP contribution in [0.2, 0.25) is 0 Å². The van der Waals surface area contributed by atoms with Crippen LogP contribution in [-0.2, 0) is 4.79 Å². The zero-order valence-electron chi connectivity index (χ0n) is 11.0. The Morgan fingerprint density at radius 2 is 2.19 bits per heavy atom. The van der Waals surface area contributed by atoms with Gasteiger partial charge in [-0.3, -0.25) is 4.79 Å². The Morgan fingerprint density at radius 3 is 2.81 bits per heavy atom. The number of nitrogens with one attached hydrogen (secondary N) is 1. The van der Waals surface area contributed by atoms with E-state index in [1.54, 1.807) is 18.2 Å². The normalized spacial score (nSPS) is 10.8. The number of amides is 1. The molecule has 0 bridgehead atoms. The Bertz CT molecular complexity index is 725. The zero-order valence-corrected chi connectivity index (χ0v) is 13.4. The summed E-state index contributed by atoms with van der Waals surface area (Å²) in [6.45, 7) is 1.89. The van der Waals surface area contributed by atoms with Crippen molar-refractivity contribution in [1.82, 2.24) is 4.98 Å². The molecule has 2 N–H and O–H groups in total. The van der Waals surface area contributed by atoms with Gasteiger partial charge in [0.25, 0.3) is 0 Å². The van der Waals surface area contributed by atoms with Crippen LogP contribution in [0, 0.1) is 6.92 Å². The number of aryl methyl sites for hydroxylation is 1. The van der Waals surface area contributed by atoms with Crippen molar-refractivity contribution in [1.29, 1.82) is 0 Å². The van der Waals surface area contributed by atoms with Crippen molar-refractivity contribution in [3.05, 3.63) is 50.4 Å². The smallest absolute Gasteiger partial charge is 0.336 e. The third-order valence-corrected chi connectivity index (χ3v) is 3.99. The molecule has 7 heteroatoms. The molecule has 0 unspecified atom stereocenters. The summed E-state index contributed by atoms with van der Waals surface area (Å²) in [6.07, 6.45) is 2.97. The molecule has 5 nitrogen and oxygen atoms in total. The third-order valence-electron chi connectivity index (χ3n) is 2.51. The van der Waals surface area contributed by atoms with E-state index in [1.165, 1.54) is 23.5 Å². The number of carboxylic acid groups (broad SMARTS) is 1. The first-order valence-corrected chi connectivity index (χ1v) is 7.57. The standard InChI is InChI=1S/C14H11BrN2O3S/c1-8-16-10(7-21-8)3-5-13(18)17-9-2-4-12(15)11(6-9)14(19)20/h2-7H,1H3,(H,17,18)(H,19,20)/b5-3+. The Kier molecular flexibility index (Phi) is 4.87. The highest BCUT2D eigenvalue weighted by Crippen LogP contribution is 2.21. The number of rotatable bonds is 4. The third kappa shape index (κ3) is 4.24. The van der Waals surface area contributed by atoms with Gasteiger partial charge in [0, 0.05) is 21.6 Å². The maximum Gasteiger partial charge on any atom is 0.336 e. The molecule has 0 saturated carbocycles. The highest BCUT2D eigenvalue weighted by Gasteiger charge is 2.09. The Hall–Kier alpha value is -1.99. The fourth-order valence-corrected chi connectivity index (χ4v) is 2.57. The van der Waals surface area contributed by atoms with E-state index in [1.807, 2.05) is 12.3 Å². The van der Waals surface area contributed by atoms with Crippen LogP contribution in [0.25, 0.3) is 6.08 Å². The van der Waals surface area contributed by atoms with E-state index in [9.17, 15) is 9.59 Å². The zero-order chi connectivity index (χ0) is 15.4. The van der Waals surface area contributed by atoms with Gasteiger partial charge in [0.1, 0.15) is 0 Å². The van der Waals surface area contributed by atoms with E-state index in [4.69, 9.17) is 5.11 Å². The lowest BCUT2D eigenvalue weighted by Gasteiger charge is -2.05. The van der Waals surface area contributed by atoms with Crippen LogP contribution in [0.3, 0.4) is 0 Å². The molecule has 0 aliphatic heterocycles. The second-order valence-corrected chi connectivity index (χ2v) is 6.03. The van der Waals surface area contributed by atoms with Gasteiger partial charge in [-0.2, -0.15) is 0 Å². The summed E-state index contributed by atoms with van der Waals surface area (Å²) in [5.74, 6) is -1.41. The van der Waals surface area contributed by atoms with Gasteiger partial charge < -0.3 is 10.4 Å². The topological polar surface area (TPSA) is 79.3 Å². The average Bonchev–Trinajstić information content (AvgIpc) is 2.84. The van der Waals surface area contributed by atoms with E-state index < -0.39 is 5.97 Å². The van der Waals surface area contributed by atoms with Crippen LogP contribution in [0.15, 0.2) is 34.1 Å². The predicted octanol–water partition coefficient (Wildman–Crippen LogP) is 3.56. The summed E-state index contributed by atoms with van der Waals surface area (Å²) in [4.78, 5) is 27.0. The Labute approximate surface area is 133 Å². The first kappa shape index (κ1) is 15.4. The van der Waals surface area contributed by atoms with Crippen LogP contribution in [0.1, 0.15) is 21.1 Å². The van der Waals surface area contributed by atoms with Gasteiger partial charge in [-0.15, -0.1) is 11.3 Å². The maximum atomic E-state index is 11.8. The molecular formula is C14H11BrN2O3S. The highest BCUT2D eigenvalue weighted by atomic mass is 79.9. The van der Waals surface area contributed by atoms with E-state index >= 15 is 0 Å². The van der Waals surface area contributed by atoms with Crippen LogP contribution in [-0.4, -0.2) is 22.0 Å². The monoisotopic (exact) mass is 366 g/mol. The molecule has 2 rings (SSSR count). The van der Waals surface area contributed by atoms with Crippen LogP contribution >= 0.6 is 27.3 Å². The van der Waals surface area contributed by atoms with Crippen molar-refractivity contribution in [2.75, 3.05) is 5.32 Å². The summed E-state index contributed by atoms with van der Waals surface area (Å²) in [6, 6.07) is 4.59. The van der Waals surface area contributed by atoms with Crippen molar-refractivity contribution in [2.45, 2.75) is 6.92 Å². The van der Waals surface area contributed by atoms with Crippen molar-refractivity contribution >= 4 is 50.9 Å². The second-order valence-electron chi connectivity index (χ2n) is 4.11. The summed E-state index contributed by atoms with van der Waals surface area (Å²) < 4.78 is 0.460. The summed E-state index contributed by atoms with van der Waals surface area (Å²) >= 11 is 4.65. The molecule has 0 radical (unpaired) electrons. The quantitative estimate of drug-likeness (QED) is 0.810. The molecule has 2 aromatic rings. The molecule has 0 spiro atoms. The fraction of sp³-hybridized carbons (Fsp3) is 0.0714. The summed E-state index contributed by atoms with van der Waals surface area (Å²) in [7, 11) is 0. The first-order chi connectivity index (χ1) is 9.95. The number of hydrogen-bond donors (Lipinski definition) is 2. The van der Waals surface area contributed by atoms with Gasteiger partial charge in [0.15, 0.2) is 0 Å². The number of anilines is 1. The average molecular weight is 367 g/mol. The molecule has 0 aliphatic rings. The Morgan fingerprint density at radius 1 is 1.43 bits per heavy atom. The molecular weight excluding hydrogens is 356 g/mol. The minimum atomic E-state index is -1.06. The van der Waals surface area contributed by atoms with E-state index in [0.29, 0.717) is 10.2 Å². The molecule has 1 amide bonds. The van der Waals surface area contributed by atoms with Crippen molar-refractivity contribution < 1.29 is 14.7 Å². The highest BCUT2D eigenvalue weighted by molar-refractivity contribution is 9.10. The lowest BCUT2D eigenvalue weighted by atomic mass is 10.2. The number of aromatic nitrogens is 1. The molecule has 21 heavy (non-hydrogen) atoms. The minimum Gasteiger partial charge on any atom is -0.478 e. The first-order valence-electron chi connectivity index (χ1n) is 5.90. The van der Waals surface area contributed by atoms with E-state index in [2.05, 4.69) is 26.2 Å². The summed E-state index contributed by atoms with van der Waals surface area (Å²) in [5, 5.41) is 14.4. The van der Waals surface area contributed by atoms with Crippen molar-refractivity contribution in [3.63, 3.8) is 0 Å². The second kappa shape index (κ2) is 6.64. The van der Waals surface area contributed by atoms with E-state index in [-0.39, 0.29) is 11.5 Å². The number of carbonyl (C=O) groups excluding carboxylic acids is 1. The van der Waals surface area contributed by atoms with Crippen LogP contribution in [0.4, 0.5) is 5.69 Å². The lowest BCUT2D eigenvalue weighted by Crippen LogP contribution is -2.09. The fourth-order valence-electron chi connectivity index (χ4n) is 1.57. The molecule has 1 aromatic carbocycles. The molecule has 1 aromatic heterocycles. The van der Waals surface area contributed by atoms with E-state index in [0.717, 1.165) is 10.7 Å². The lowest BCUT2D eigenvalue weighted by molar-refractivity contribution is -0.111. The number of aromatic carboxylic acids is 1. The molecule has 0 aliphatic carbocycles. The van der Waals surface area contributed by atoms with Crippen LogP contribution < -0.4 is 5.32 Å². The molecule has 0 atom stereocenters. The minimum absolute atomic E-state index is 0.0897. The van der Waals surface area contributed by atoms with Gasteiger partial charge in [-0.1, -0.05) is 0 Å². The number of carboxylic acids is 1. The van der Waals surface area contributed by atoms with Crippen molar-refractivity contribution in [2.24, 2.45) is 0 Å². The number of benzene rings is 1. The van der Waals surface area contributed by atoms with Gasteiger partial charge in [-0.05, 0) is 47.1 Å². The van der Waals surface area contributed by atoms with Crippen LogP contribution in [0.5, 0.6) is 0 Å². The summed E-state index contributed by atoms with van der Waals surface area (Å²) in [5.41, 5.74) is 1.22. The SMILES string of the molecule is Cc1nc(/C=C/C(=O)Nc2ccc(Br)c(C(=O)O)c2)cs1. The molecule has 0 fully saturated rings. The number of carbonyl (C=O) groups is 2. The van der Waals surface area contributed by atoms with Gasteiger partial charge in [-0.25, -0.2) is 9.78 Å². The maximum absolute atomic E-state index is 11.8. The van der Waals surface area contributed by atoms with Crippen molar-refractivity contribution in [3.8, 4) is 0 Å². The van der Waals surface area contributed by atoms with Gasteiger partial charge in [0.05, 0.1) is 16.3 Å². The van der Waals surface area contributed by atoms with Gasteiger partial charge >= 0.3 is 5.97 Å². The van der Waals surface area contributed by atoms with Gasteiger partial charge in [0.2, 0.25) is 5.91 Å².